The second-order valence-corrected chi connectivity index (χ2v) is 8.85. The summed E-state index contributed by atoms with van der Waals surface area (Å²) < 4.78 is 15.2. The first kappa shape index (κ1) is 21.8. The number of aliphatic hydroxyl groups is 1. The lowest BCUT2D eigenvalue weighted by atomic mass is 9.98. The molecule has 0 atom stereocenters. The fourth-order valence-corrected chi connectivity index (χ4v) is 4.67. The lowest BCUT2D eigenvalue weighted by Crippen LogP contribution is -2.47. The Bertz CT molecular complexity index is 1060. The van der Waals surface area contributed by atoms with Crippen LogP contribution < -0.4 is 9.80 Å². The SMILES string of the molecule is OCC1CCN(c2nccnc2N2CCN(Cc3cnn(-c4cccc(F)c4)c3)CC2)CC1. The van der Waals surface area contributed by atoms with E-state index in [0.29, 0.717) is 5.92 Å². The van der Waals surface area contributed by atoms with Crippen LogP contribution in [-0.4, -0.2) is 75.6 Å². The smallest absolute Gasteiger partial charge is 0.172 e. The van der Waals surface area contributed by atoms with Crippen molar-refractivity contribution in [1.29, 1.82) is 0 Å². The first-order valence-corrected chi connectivity index (χ1v) is 11.6. The normalized spacial score (nSPS) is 18.1. The summed E-state index contributed by atoms with van der Waals surface area (Å²) in [6.07, 6.45) is 9.34. The van der Waals surface area contributed by atoms with Gasteiger partial charge in [-0.3, -0.25) is 4.90 Å². The lowest BCUT2D eigenvalue weighted by molar-refractivity contribution is 0.202. The number of aromatic nitrogens is 4. The molecule has 0 spiro atoms. The Morgan fingerprint density at radius 1 is 0.939 bits per heavy atom. The average molecular weight is 452 g/mol. The van der Waals surface area contributed by atoms with Crippen LogP contribution in [0.4, 0.5) is 16.0 Å². The molecule has 2 aliphatic heterocycles. The number of benzene rings is 1. The molecule has 5 rings (SSSR count). The standard InChI is InChI=1S/C24H30FN7O/c25-21-2-1-3-22(14-21)32-17-20(15-28-32)16-29-10-12-31(13-11-29)24-23(26-6-7-27-24)30-8-4-19(18-33)5-9-30/h1-3,6-7,14-15,17,19,33H,4-5,8-13,16,18H2. The van der Waals surface area contributed by atoms with E-state index in [0.717, 1.165) is 81.5 Å². The number of nitrogens with zero attached hydrogens (tertiary/aromatic N) is 7. The van der Waals surface area contributed by atoms with E-state index in [2.05, 4.69) is 29.8 Å². The summed E-state index contributed by atoms with van der Waals surface area (Å²) in [5.41, 5.74) is 1.84. The van der Waals surface area contributed by atoms with Crippen molar-refractivity contribution in [3.05, 3.63) is 60.4 Å². The van der Waals surface area contributed by atoms with Crippen molar-refractivity contribution in [2.24, 2.45) is 5.92 Å². The van der Waals surface area contributed by atoms with Crippen molar-refractivity contribution in [3.8, 4) is 5.69 Å². The summed E-state index contributed by atoms with van der Waals surface area (Å²) in [5.74, 6) is 2.05. The van der Waals surface area contributed by atoms with Gasteiger partial charge in [0.1, 0.15) is 5.82 Å². The van der Waals surface area contributed by atoms with Crippen molar-refractivity contribution in [2.75, 3.05) is 55.7 Å². The number of hydrogen-bond acceptors (Lipinski definition) is 7. The minimum Gasteiger partial charge on any atom is -0.396 e. The predicted molar refractivity (Wildman–Crippen MR) is 125 cm³/mol. The minimum atomic E-state index is -0.262. The second kappa shape index (κ2) is 9.84. The third kappa shape index (κ3) is 4.99. The summed E-state index contributed by atoms with van der Waals surface area (Å²) in [5, 5.41) is 13.8. The van der Waals surface area contributed by atoms with Gasteiger partial charge in [0, 0.05) is 76.6 Å². The maximum Gasteiger partial charge on any atom is 0.172 e. The van der Waals surface area contributed by atoms with Crippen LogP contribution >= 0.6 is 0 Å². The first-order chi connectivity index (χ1) is 16.2. The van der Waals surface area contributed by atoms with E-state index in [4.69, 9.17) is 0 Å². The van der Waals surface area contributed by atoms with Gasteiger partial charge in [-0.05, 0) is 37.0 Å². The van der Waals surface area contributed by atoms with Gasteiger partial charge in [-0.2, -0.15) is 5.10 Å². The molecule has 2 aliphatic rings. The lowest BCUT2D eigenvalue weighted by Gasteiger charge is -2.38. The molecule has 0 radical (unpaired) electrons. The molecule has 2 fully saturated rings. The van der Waals surface area contributed by atoms with Crippen LogP contribution in [0.3, 0.4) is 0 Å². The van der Waals surface area contributed by atoms with Crippen molar-refractivity contribution in [2.45, 2.75) is 19.4 Å². The predicted octanol–water partition coefficient (Wildman–Crippen LogP) is 2.33. The molecule has 1 aromatic carbocycles. The quantitative estimate of drug-likeness (QED) is 0.617. The molecule has 0 aliphatic carbocycles. The minimum absolute atomic E-state index is 0.262. The molecule has 174 valence electrons. The Morgan fingerprint density at radius 3 is 2.30 bits per heavy atom. The molecular weight excluding hydrogens is 421 g/mol. The third-order valence-corrected chi connectivity index (χ3v) is 6.62. The van der Waals surface area contributed by atoms with E-state index in [1.165, 1.54) is 12.1 Å². The van der Waals surface area contributed by atoms with Crippen LogP contribution in [0.25, 0.3) is 5.69 Å². The van der Waals surface area contributed by atoms with Crippen LogP contribution in [0.5, 0.6) is 0 Å². The van der Waals surface area contributed by atoms with Crippen LogP contribution in [-0.2, 0) is 6.54 Å². The fourth-order valence-electron chi connectivity index (χ4n) is 4.67. The zero-order chi connectivity index (χ0) is 22.6. The molecule has 0 unspecified atom stereocenters. The summed E-state index contributed by atoms with van der Waals surface area (Å²) in [4.78, 5) is 16.4. The second-order valence-electron chi connectivity index (χ2n) is 8.85. The maximum absolute atomic E-state index is 13.5. The molecule has 33 heavy (non-hydrogen) atoms. The molecule has 2 aromatic heterocycles. The highest BCUT2D eigenvalue weighted by Gasteiger charge is 2.26. The van der Waals surface area contributed by atoms with E-state index < -0.39 is 0 Å². The number of anilines is 2. The average Bonchev–Trinajstić information content (AvgIpc) is 3.33. The molecule has 4 heterocycles. The molecule has 2 saturated heterocycles. The maximum atomic E-state index is 13.5. The Labute approximate surface area is 193 Å². The molecule has 9 heteroatoms. The van der Waals surface area contributed by atoms with Crippen molar-refractivity contribution >= 4 is 11.6 Å². The number of piperidine rings is 1. The third-order valence-electron chi connectivity index (χ3n) is 6.62. The van der Waals surface area contributed by atoms with E-state index in [1.807, 2.05) is 18.5 Å². The summed E-state index contributed by atoms with van der Waals surface area (Å²) >= 11 is 0. The van der Waals surface area contributed by atoms with Gasteiger partial charge < -0.3 is 14.9 Å². The molecule has 1 N–H and O–H groups in total. The molecule has 0 saturated carbocycles. The van der Waals surface area contributed by atoms with Crippen molar-refractivity contribution in [1.82, 2.24) is 24.6 Å². The van der Waals surface area contributed by atoms with E-state index in [-0.39, 0.29) is 12.4 Å². The number of aliphatic hydroxyl groups excluding tert-OH is 1. The first-order valence-electron chi connectivity index (χ1n) is 11.6. The summed E-state index contributed by atoms with van der Waals surface area (Å²) in [6.45, 7) is 6.52. The van der Waals surface area contributed by atoms with Crippen molar-refractivity contribution in [3.63, 3.8) is 0 Å². The highest BCUT2D eigenvalue weighted by Crippen LogP contribution is 2.29. The van der Waals surface area contributed by atoms with Gasteiger partial charge in [0.25, 0.3) is 0 Å². The fraction of sp³-hybridized carbons (Fsp3) is 0.458. The van der Waals surface area contributed by atoms with Gasteiger partial charge in [-0.1, -0.05) is 6.07 Å². The number of piperazine rings is 1. The Balaban J connectivity index is 1.19. The molecule has 0 amide bonds. The number of rotatable bonds is 6. The van der Waals surface area contributed by atoms with Crippen LogP contribution in [0.15, 0.2) is 49.1 Å². The van der Waals surface area contributed by atoms with E-state index in [9.17, 15) is 9.50 Å². The highest BCUT2D eigenvalue weighted by atomic mass is 19.1. The topological polar surface area (TPSA) is 73.6 Å². The Morgan fingerprint density at radius 2 is 1.64 bits per heavy atom. The largest absolute Gasteiger partial charge is 0.396 e. The van der Waals surface area contributed by atoms with Gasteiger partial charge in [0.05, 0.1) is 11.9 Å². The molecule has 0 bridgehead atoms. The van der Waals surface area contributed by atoms with Gasteiger partial charge >= 0.3 is 0 Å². The van der Waals surface area contributed by atoms with Gasteiger partial charge in [0.2, 0.25) is 0 Å². The monoisotopic (exact) mass is 451 g/mol. The molecular formula is C24H30FN7O. The van der Waals surface area contributed by atoms with Gasteiger partial charge in [-0.15, -0.1) is 0 Å². The zero-order valence-corrected chi connectivity index (χ0v) is 18.7. The van der Waals surface area contributed by atoms with E-state index in [1.54, 1.807) is 23.1 Å². The summed E-state index contributed by atoms with van der Waals surface area (Å²) in [7, 11) is 0. The van der Waals surface area contributed by atoms with Crippen molar-refractivity contribution < 1.29 is 9.50 Å². The Kier molecular flexibility index (Phi) is 6.50. The van der Waals surface area contributed by atoms with E-state index >= 15 is 0 Å². The number of hydrogen-bond donors (Lipinski definition) is 1. The molecule has 8 nitrogen and oxygen atoms in total. The van der Waals surface area contributed by atoms with Crippen LogP contribution in [0.2, 0.25) is 0 Å². The zero-order valence-electron chi connectivity index (χ0n) is 18.7. The highest BCUT2D eigenvalue weighted by molar-refractivity contribution is 5.62. The van der Waals surface area contributed by atoms with Crippen LogP contribution in [0, 0.1) is 11.7 Å². The summed E-state index contributed by atoms with van der Waals surface area (Å²) in [6, 6.07) is 6.47. The van der Waals surface area contributed by atoms with Crippen LogP contribution in [0.1, 0.15) is 18.4 Å². The molecule has 3 aromatic rings. The number of halogens is 1. The van der Waals surface area contributed by atoms with Gasteiger partial charge in [-0.25, -0.2) is 19.0 Å². The Hall–Kier alpha value is -3.04. The van der Waals surface area contributed by atoms with Gasteiger partial charge in [0.15, 0.2) is 11.6 Å².